The molecular weight excluding hydrogens is 579 g/mol. The van der Waals surface area contributed by atoms with Crippen LogP contribution in [0.2, 0.25) is 10.0 Å². The van der Waals surface area contributed by atoms with Crippen LogP contribution >= 0.6 is 34.5 Å². The Morgan fingerprint density at radius 2 is 1.88 bits per heavy atom. The maximum atomic E-state index is 13.9. The highest BCUT2D eigenvalue weighted by molar-refractivity contribution is 7.07. The van der Waals surface area contributed by atoms with Crippen molar-refractivity contribution in [2.24, 2.45) is 4.99 Å². The van der Waals surface area contributed by atoms with Crippen LogP contribution in [0.3, 0.4) is 0 Å². The van der Waals surface area contributed by atoms with Crippen LogP contribution in [0, 0.1) is 0 Å². The summed E-state index contributed by atoms with van der Waals surface area (Å²) in [6.45, 7) is 3.26. The lowest BCUT2D eigenvalue weighted by Gasteiger charge is -2.26. The molecule has 3 aromatic rings. The third-order valence-corrected chi connectivity index (χ3v) is 7.53. The van der Waals surface area contributed by atoms with Crippen LogP contribution in [0.4, 0.5) is 0 Å². The number of carbonyl (C=O) groups excluding carboxylic acids is 1. The second kappa shape index (κ2) is 12.7. The number of ether oxygens (including phenoxy) is 3. The van der Waals surface area contributed by atoms with E-state index in [1.807, 2.05) is 25.1 Å². The fourth-order valence-electron chi connectivity index (χ4n) is 4.39. The summed E-state index contributed by atoms with van der Waals surface area (Å²) in [5, 5.41) is 9.07. The van der Waals surface area contributed by atoms with Gasteiger partial charge in [-0.25, -0.2) is 14.6 Å². The lowest BCUT2D eigenvalue weighted by atomic mass is 9.93. The Morgan fingerprint density at radius 1 is 1.18 bits per heavy atom. The van der Waals surface area contributed by atoms with E-state index in [4.69, 9.17) is 47.5 Å². The number of methoxy groups -OCH3 is 1. The van der Waals surface area contributed by atoms with E-state index in [0.29, 0.717) is 38.3 Å². The minimum Gasteiger partial charge on any atom is -0.496 e. The van der Waals surface area contributed by atoms with Gasteiger partial charge in [0.15, 0.2) is 17.2 Å². The summed E-state index contributed by atoms with van der Waals surface area (Å²) in [7, 11) is 1.53. The predicted octanol–water partition coefficient (Wildman–Crippen LogP) is 4.36. The van der Waals surface area contributed by atoms with Gasteiger partial charge in [0.05, 0.1) is 39.6 Å². The van der Waals surface area contributed by atoms with Crippen LogP contribution in [0.5, 0.6) is 11.5 Å². The van der Waals surface area contributed by atoms with Gasteiger partial charge in [-0.05, 0) is 43.2 Å². The van der Waals surface area contributed by atoms with Crippen molar-refractivity contribution >= 4 is 52.6 Å². The van der Waals surface area contributed by atoms with Crippen LogP contribution in [-0.4, -0.2) is 41.9 Å². The van der Waals surface area contributed by atoms with E-state index >= 15 is 0 Å². The van der Waals surface area contributed by atoms with Crippen LogP contribution in [0.25, 0.3) is 6.08 Å². The number of aromatic nitrogens is 1. The normalized spacial score (nSPS) is 14.9. The Bertz CT molecular complexity index is 1650. The lowest BCUT2D eigenvalue weighted by molar-refractivity contribution is -0.140. The second-order valence-electron chi connectivity index (χ2n) is 8.65. The fraction of sp³-hybridized carbons (Fsp3) is 0.286. The van der Waals surface area contributed by atoms with E-state index < -0.39 is 24.6 Å². The van der Waals surface area contributed by atoms with Gasteiger partial charge in [0.1, 0.15) is 11.8 Å². The summed E-state index contributed by atoms with van der Waals surface area (Å²) in [5.74, 6) is -1.18. The number of esters is 1. The Hall–Kier alpha value is -3.60. The monoisotopic (exact) mass is 604 g/mol. The molecule has 1 aliphatic rings. The number of carboxylic acid groups (broad SMARTS) is 1. The van der Waals surface area contributed by atoms with E-state index in [-0.39, 0.29) is 33.5 Å². The minimum atomic E-state index is -1.17. The maximum Gasteiger partial charge on any atom is 0.341 e. The molecule has 0 fully saturated rings. The minimum absolute atomic E-state index is 0.0313. The molecule has 0 saturated carbocycles. The molecule has 0 saturated heterocycles. The Morgan fingerprint density at radius 3 is 2.50 bits per heavy atom. The number of nitrogens with zero attached hydrogens (tertiary/aromatic N) is 2. The number of hydrogen-bond acceptors (Lipinski definition) is 8. The number of benzene rings is 2. The first kappa shape index (κ1) is 29.4. The van der Waals surface area contributed by atoms with Gasteiger partial charge in [-0.1, -0.05) is 66.1 Å². The third kappa shape index (κ3) is 5.94. The number of rotatable bonds is 10. The first-order valence-corrected chi connectivity index (χ1v) is 14.0. The second-order valence-corrected chi connectivity index (χ2v) is 10.5. The van der Waals surface area contributed by atoms with Gasteiger partial charge in [0, 0.05) is 5.56 Å². The third-order valence-electron chi connectivity index (χ3n) is 5.98. The summed E-state index contributed by atoms with van der Waals surface area (Å²) in [4.78, 5) is 43.3. The molecule has 2 heterocycles. The summed E-state index contributed by atoms with van der Waals surface area (Å²) < 4.78 is 18.0. The Labute approximate surface area is 243 Å². The molecule has 0 aliphatic carbocycles. The largest absolute Gasteiger partial charge is 0.496 e. The van der Waals surface area contributed by atoms with Crippen molar-refractivity contribution in [1.82, 2.24) is 4.57 Å². The van der Waals surface area contributed by atoms with Crippen LogP contribution in [0.1, 0.15) is 43.9 Å². The number of carboxylic acids is 1. The first-order chi connectivity index (χ1) is 19.2. The topological polar surface area (TPSA) is 116 Å². The SMILES string of the molecule is CCCC1=C(C(=O)OCC)[C@@H](c2ccccc2OC)n2c(s/c(=C\c3cc(Cl)c(OCC(=O)O)c(Cl)c3)c2=O)=N1. The molecule has 1 N–H and O–H groups in total. The van der Waals surface area contributed by atoms with Gasteiger partial charge < -0.3 is 19.3 Å². The predicted molar refractivity (Wildman–Crippen MR) is 152 cm³/mol. The van der Waals surface area contributed by atoms with E-state index in [0.717, 1.165) is 17.8 Å². The molecule has 1 atom stereocenters. The number of carbonyl (C=O) groups is 2. The molecule has 210 valence electrons. The van der Waals surface area contributed by atoms with Crippen LogP contribution < -0.4 is 24.4 Å². The van der Waals surface area contributed by atoms with E-state index in [1.54, 1.807) is 19.1 Å². The molecule has 0 spiro atoms. The number of allylic oxidation sites excluding steroid dienone is 1. The van der Waals surface area contributed by atoms with Gasteiger partial charge in [0.2, 0.25) is 0 Å². The molecule has 0 bridgehead atoms. The van der Waals surface area contributed by atoms with Crippen molar-refractivity contribution in [3.63, 3.8) is 0 Å². The van der Waals surface area contributed by atoms with Gasteiger partial charge in [0.25, 0.3) is 5.56 Å². The standard InChI is InChI=1S/C28H26Cl2N2O7S/c1-4-8-19-23(27(36)38-5-2)24(16-9-6-7-10-20(16)37-3)32-26(35)21(40-28(32)31-19)13-15-11-17(29)25(18(30)12-15)39-14-22(33)34/h6-7,9-13,24H,4-5,8,14H2,1-3H3,(H,33,34)/b21-13-/t24-/m1/s1. The van der Waals surface area contributed by atoms with E-state index in [2.05, 4.69) is 0 Å². The molecular formula is C28H26Cl2N2O7S. The van der Waals surface area contributed by atoms with Gasteiger partial charge >= 0.3 is 11.9 Å². The highest BCUT2D eigenvalue weighted by atomic mass is 35.5. The highest BCUT2D eigenvalue weighted by Crippen LogP contribution is 2.37. The molecule has 0 unspecified atom stereocenters. The molecule has 0 amide bonds. The molecule has 1 aliphatic heterocycles. The Kier molecular flexibility index (Phi) is 9.34. The average molecular weight is 605 g/mol. The van der Waals surface area contributed by atoms with Crippen molar-refractivity contribution in [1.29, 1.82) is 0 Å². The molecule has 1 aromatic heterocycles. The van der Waals surface area contributed by atoms with E-state index in [9.17, 15) is 14.4 Å². The van der Waals surface area contributed by atoms with Crippen molar-refractivity contribution in [2.75, 3.05) is 20.3 Å². The van der Waals surface area contributed by atoms with Gasteiger partial charge in [-0.15, -0.1) is 0 Å². The highest BCUT2D eigenvalue weighted by Gasteiger charge is 2.35. The molecule has 0 radical (unpaired) electrons. The van der Waals surface area contributed by atoms with Crippen molar-refractivity contribution in [3.05, 3.63) is 88.5 Å². The lowest BCUT2D eigenvalue weighted by Crippen LogP contribution is -2.40. The molecule has 4 rings (SSSR count). The van der Waals surface area contributed by atoms with Crippen molar-refractivity contribution in [3.8, 4) is 11.5 Å². The zero-order chi connectivity index (χ0) is 29.0. The summed E-state index contributed by atoms with van der Waals surface area (Å²) in [6, 6.07) is 9.42. The number of hydrogen-bond donors (Lipinski definition) is 1. The number of halogens is 2. The first-order valence-electron chi connectivity index (χ1n) is 12.4. The quantitative estimate of drug-likeness (QED) is 0.342. The molecule has 12 heteroatoms. The number of thiazole rings is 1. The Balaban J connectivity index is 1.94. The summed E-state index contributed by atoms with van der Waals surface area (Å²) in [6.07, 6.45) is 2.84. The summed E-state index contributed by atoms with van der Waals surface area (Å²) in [5.41, 5.74) is 1.58. The molecule has 9 nitrogen and oxygen atoms in total. The van der Waals surface area contributed by atoms with E-state index in [1.165, 1.54) is 23.8 Å². The maximum absolute atomic E-state index is 13.9. The molecule has 2 aromatic carbocycles. The van der Waals surface area contributed by atoms with Crippen LogP contribution in [0.15, 0.2) is 57.5 Å². The zero-order valence-corrected chi connectivity index (χ0v) is 24.2. The fourth-order valence-corrected chi connectivity index (χ4v) is 6.03. The zero-order valence-electron chi connectivity index (χ0n) is 21.9. The van der Waals surface area contributed by atoms with Gasteiger partial charge in [-0.2, -0.15) is 0 Å². The average Bonchev–Trinajstić information content (AvgIpc) is 3.21. The van der Waals surface area contributed by atoms with Crippen molar-refractivity contribution < 1.29 is 28.9 Å². The molecule has 40 heavy (non-hydrogen) atoms. The number of aliphatic carboxylic acids is 1. The summed E-state index contributed by atoms with van der Waals surface area (Å²) >= 11 is 13.8. The smallest absolute Gasteiger partial charge is 0.341 e. The number of fused-ring (bicyclic) bond motifs is 1. The number of para-hydroxylation sites is 1. The van der Waals surface area contributed by atoms with Crippen LogP contribution in [-0.2, 0) is 14.3 Å². The van der Waals surface area contributed by atoms with Crippen molar-refractivity contribution in [2.45, 2.75) is 32.7 Å². The van der Waals surface area contributed by atoms with Gasteiger partial charge in [-0.3, -0.25) is 9.36 Å².